The average Bonchev–Trinajstić information content (AvgIpc) is 2.66. The minimum atomic E-state index is -0.868. The van der Waals surface area contributed by atoms with Gasteiger partial charge in [-0.3, -0.25) is 14.6 Å². The maximum absolute atomic E-state index is 12.2. The van der Waals surface area contributed by atoms with Gasteiger partial charge in [-0.05, 0) is 30.7 Å². The molecule has 0 aliphatic heterocycles. The molecule has 3 rings (SSSR count). The van der Waals surface area contributed by atoms with Crippen molar-refractivity contribution in [3.63, 3.8) is 0 Å². The minimum Gasteiger partial charge on any atom is -0.507 e. The predicted octanol–water partition coefficient (Wildman–Crippen LogP) is 1.01. The van der Waals surface area contributed by atoms with Crippen LogP contribution in [-0.2, 0) is 0 Å². The van der Waals surface area contributed by atoms with E-state index in [0.717, 1.165) is 10.8 Å². The third kappa shape index (κ3) is 3.54. The second kappa shape index (κ2) is 7.62. The highest BCUT2D eigenvalue weighted by Gasteiger charge is 2.15. The molecule has 28 heavy (non-hydrogen) atoms. The van der Waals surface area contributed by atoms with E-state index in [4.69, 9.17) is 0 Å². The fourth-order valence-corrected chi connectivity index (χ4v) is 2.57. The summed E-state index contributed by atoms with van der Waals surface area (Å²) in [4.78, 5) is 38.4. The molecule has 0 aliphatic carbocycles. The van der Waals surface area contributed by atoms with Crippen LogP contribution in [0.3, 0.4) is 0 Å². The number of amides is 1. The first-order valence-electron chi connectivity index (χ1n) is 8.16. The number of nitrogens with zero attached hydrogens (tertiary/aromatic N) is 2. The van der Waals surface area contributed by atoms with Crippen molar-refractivity contribution in [2.75, 3.05) is 0 Å². The highest BCUT2D eigenvalue weighted by molar-refractivity contribution is 5.97. The first-order valence-corrected chi connectivity index (χ1v) is 8.16. The van der Waals surface area contributed by atoms with Crippen molar-refractivity contribution in [3.8, 4) is 17.3 Å². The van der Waals surface area contributed by atoms with Gasteiger partial charge in [-0.15, -0.1) is 0 Å². The number of H-pyrrole nitrogens is 1. The van der Waals surface area contributed by atoms with Crippen LogP contribution < -0.4 is 16.7 Å². The molecular weight excluding hydrogens is 364 g/mol. The van der Waals surface area contributed by atoms with E-state index in [1.54, 1.807) is 43.3 Å². The number of nitrogens with one attached hydrogen (secondary N) is 2. The van der Waals surface area contributed by atoms with Crippen LogP contribution in [0.25, 0.3) is 5.69 Å². The van der Waals surface area contributed by atoms with Gasteiger partial charge in [0.05, 0.1) is 17.5 Å². The first-order chi connectivity index (χ1) is 13.4. The van der Waals surface area contributed by atoms with Crippen LogP contribution in [-0.4, -0.2) is 31.9 Å². The summed E-state index contributed by atoms with van der Waals surface area (Å²) in [5.74, 6) is -1.56. The Bertz CT molecular complexity index is 1190. The number of para-hydroxylation sites is 2. The zero-order valence-corrected chi connectivity index (χ0v) is 14.7. The van der Waals surface area contributed by atoms with Crippen molar-refractivity contribution in [2.45, 2.75) is 6.92 Å². The lowest BCUT2D eigenvalue weighted by Gasteiger charge is -2.11. The topological polar surface area (TPSA) is 137 Å². The molecule has 0 radical (unpaired) electrons. The Morgan fingerprint density at radius 1 is 1.11 bits per heavy atom. The number of phenols is 1. The van der Waals surface area contributed by atoms with Gasteiger partial charge < -0.3 is 10.2 Å². The summed E-state index contributed by atoms with van der Waals surface area (Å²) in [7, 11) is 0. The molecule has 2 aromatic carbocycles. The Balaban J connectivity index is 1.96. The van der Waals surface area contributed by atoms with E-state index in [2.05, 4.69) is 15.5 Å². The second-order valence-electron chi connectivity index (χ2n) is 5.83. The van der Waals surface area contributed by atoms with Crippen LogP contribution in [0.1, 0.15) is 21.5 Å². The Labute approximate surface area is 158 Å². The lowest BCUT2D eigenvalue weighted by atomic mass is 10.2. The molecule has 0 bridgehead atoms. The number of aromatic nitrogens is 2. The number of rotatable bonds is 4. The molecule has 0 saturated carbocycles. The molecule has 1 amide bonds. The summed E-state index contributed by atoms with van der Waals surface area (Å²) >= 11 is 0. The number of carbonyl (C=O) groups excluding carboxylic acids is 1. The van der Waals surface area contributed by atoms with Crippen LogP contribution in [0.5, 0.6) is 11.6 Å². The van der Waals surface area contributed by atoms with Crippen LogP contribution in [0.4, 0.5) is 0 Å². The summed E-state index contributed by atoms with van der Waals surface area (Å²) in [6.45, 7) is 1.74. The average molecular weight is 380 g/mol. The van der Waals surface area contributed by atoms with Gasteiger partial charge in [-0.2, -0.15) is 5.10 Å². The third-order valence-electron chi connectivity index (χ3n) is 3.99. The lowest BCUT2D eigenvalue weighted by molar-refractivity contribution is 0.0952. The number of aryl methyl sites for hydroxylation is 1. The van der Waals surface area contributed by atoms with Crippen LogP contribution in [0, 0.1) is 6.92 Å². The smallest absolute Gasteiger partial charge is 0.335 e. The van der Waals surface area contributed by atoms with E-state index in [1.165, 1.54) is 12.1 Å². The van der Waals surface area contributed by atoms with Gasteiger partial charge in [-0.1, -0.05) is 30.3 Å². The lowest BCUT2D eigenvalue weighted by Crippen LogP contribution is -2.32. The molecule has 9 nitrogen and oxygen atoms in total. The first kappa shape index (κ1) is 18.6. The van der Waals surface area contributed by atoms with Crippen molar-refractivity contribution >= 4 is 12.1 Å². The zero-order chi connectivity index (χ0) is 20.3. The van der Waals surface area contributed by atoms with Crippen molar-refractivity contribution in [2.24, 2.45) is 5.10 Å². The number of benzene rings is 2. The number of hydrogen-bond acceptors (Lipinski definition) is 6. The Kier molecular flexibility index (Phi) is 5.07. The van der Waals surface area contributed by atoms with E-state index in [1.807, 2.05) is 0 Å². The van der Waals surface area contributed by atoms with Gasteiger partial charge in [-0.25, -0.2) is 14.8 Å². The van der Waals surface area contributed by atoms with Gasteiger partial charge in [0, 0.05) is 0 Å². The molecule has 3 aromatic rings. The molecule has 9 heteroatoms. The van der Waals surface area contributed by atoms with Crippen molar-refractivity contribution in [3.05, 3.63) is 86.1 Å². The van der Waals surface area contributed by atoms with Crippen LogP contribution in [0.2, 0.25) is 0 Å². The zero-order valence-electron chi connectivity index (χ0n) is 14.7. The molecule has 1 heterocycles. The van der Waals surface area contributed by atoms with E-state index >= 15 is 0 Å². The number of carbonyl (C=O) groups is 1. The molecule has 142 valence electrons. The van der Waals surface area contributed by atoms with Crippen LogP contribution in [0.15, 0.2) is 63.2 Å². The minimum absolute atomic E-state index is 0.0114. The fourth-order valence-electron chi connectivity index (χ4n) is 2.57. The molecule has 0 saturated heterocycles. The third-order valence-corrected chi connectivity index (χ3v) is 3.99. The molecule has 0 atom stereocenters. The van der Waals surface area contributed by atoms with Gasteiger partial charge in [0.15, 0.2) is 0 Å². The van der Waals surface area contributed by atoms with Crippen molar-refractivity contribution in [1.29, 1.82) is 0 Å². The monoisotopic (exact) mass is 380 g/mol. The van der Waals surface area contributed by atoms with Gasteiger partial charge >= 0.3 is 5.69 Å². The number of aromatic amines is 1. The maximum Gasteiger partial charge on any atom is 0.335 e. The highest BCUT2D eigenvalue weighted by atomic mass is 16.3. The number of hydrazone groups is 1. The number of phenolic OH excluding ortho intramolecular Hbond substituents is 1. The SMILES string of the molecule is Cc1ccccc1-n1c(O)c(/C=N\NC(=O)c2ccccc2O)c(=O)[nH]c1=O. The summed E-state index contributed by atoms with van der Waals surface area (Å²) in [6, 6.07) is 12.6. The molecule has 0 fully saturated rings. The maximum atomic E-state index is 12.2. The summed E-state index contributed by atoms with van der Waals surface area (Å²) in [5, 5.41) is 23.7. The molecule has 0 aliphatic rings. The molecule has 1 aromatic heterocycles. The van der Waals surface area contributed by atoms with E-state index < -0.39 is 23.0 Å². The Morgan fingerprint density at radius 3 is 2.50 bits per heavy atom. The van der Waals surface area contributed by atoms with Gasteiger partial charge in [0.25, 0.3) is 11.5 Å². The van der Waals surface area contributed by atoms with Crippen molar-refractivity contribution in [1.82, 2.24) is 15.0 Å². The Morgan fingerprint density at radius 2 is 1.79 bits per heavy atom. The largest absolute Gasteiger partial charge is 0.507 e. The fraction of sp³-hybridized carbons (Fsp3) is 0.0526. The molecule has 0 unspecified atom stereocenters. The highest BCUT2D eigenvalue weighted by Crippen LogP contribution is 2.18. The molecular formula is C19H16N4O5. The van der Waals surface area contributed by atoms with E-state index in [-0.39, 0.29) is 16.9 Å². The predicted molar refractivity (Wildman–Crippen MR) is 102 cm³/mol. The van der Waals surface area contributed by atoms with E-state index in [9.17, 15) is 24.6 Å². The van der Waals surface area contributed by atoms with Gasteiger partial charge in [0.2, 0.25) is 5.88 Å². The number of aromatic hydroxyl groups is 2. The van der Waals surface area contributed by atoms with Gasteiger partial charge in [0.1, 0.15) is 11.3 Å². The quantitative estimate of drug-likeness (QED) is 0.395. The van der Waals surface area contributed by atoms with Crippen LogP contribution >= 0.6 is 0 Å². The summed E-state index contributed by atoms with van der Waals surface area (Å²) in [5.41, 5.74) is 1.22. The summed E-state index contributed by atoms with van der Waals surface area (Å²) < 4.78 is 0.933. The van der Waals surface area contributed by atoms with E-state index in [0.29, 0.717) is 11.3 Å². The van der Waals surface area contributed by atoms with Crippen molar-refractivity contribution < 1.29 is 15.0 Å². The normalized spacial score (nSPS) is 10.9. The second-order valence-corrected chi connectivity index (χ2v) is 5.83. The Hall–Kier alpha value is -4.14. The number of hydrogen-bond donors (Lipinski definition) is 4. The molecule has 0 spiro atoms. The molecule has 4 N–H and O–H groups in total. The summed E-state index contributed by atoms with van der Waals surface area (Å²) in [6.07, 6.45) is 0.917. The standard InChI is InChI=1S/C19H16N4O5/c1-11-6-2-4-8-14(11)23-18(27)13(16(25)21-19(23)28)10-20-22-17(26)12-7-3-5-9-15(12)24/h2-10,24,27H,1H3,(H,22,26)(H,21,25,28)/b20-10-.